The van der Waals surface area contributed by atoms with E-state index >= 15 is 0 Å². The summed E-state index contributed by atoms with van der Waals surface area (Å²) >= 11 is 3.43. The summed E-state index contributed by atoms with van der Waals surface area (Å²) in [6.45, 7) is 8.46. The number of nitrogens with zero attached hydrogens (tertiary/aromatic N) is 2. The van der Waals surface area contributed by atoms with Gasteiger partial charge in [0.15, 0.2) is 5.69 Å². The van der Waals surface area contributed by atoms with Crippen molar-refractivity contribution < 1.29 is 14.0 Å². The predicted octanol–water partition coefficient (Wildman–Crippen LogP) is 3.64. The summed E-state index contributed by atoms with van der Waals surface area (Å²) in [5.41, 5.74) is 1.51. The topological polar surface area (TPSA) is 78.1 Å². The molecule has 2 heterocycles. The SMILES string of the molecule is CCc1ccc(C(=O)N2CC(C)(NC(=O)c3n[nH]c(C(C)C)c3Br)C2)cc1F. The average molecular weight is 451 g/mol. The molecule has 1 aromatic carbocycles. The Bertz CT molecular complexity index is 919. The molecule has 1 aromatic heterocycles. The van der Waals surface area contributed by atoms with Crippen molar-refractivity contribution in [3.8, 4) is 0 Å². The van der Waals surface area contributed by atoms with Crippen LogP contribution in [0.5, 0.6) is 0 Å². The molecular weight excluding hydrogens is 427 g/mol. The third-order valence-electron chi connectivity index (χ3n) is 4.99. The quantitative estimate of drug-likeness (QED) is 0.729. The summed E-state index contributed by atoms with van der Waals surface area (Å²) < 4.78 is 14.6. The van der Waals surface area contributed by atoms with Gasteiger partial charge in [-0.1, -0.05) is 26.8 Å². The van der Waals surface area contributed by atoms with Crippen LogP contribution in [0.2, 0.25) is 0 Å². The minimum atomic E-state index is -0.551. The van der Waals surface area contributed by atoms with Crippen LogP contribution in [-0.4, -0.2) is 45.5 Å². The Labute approximate surface area is 172 Å². The van der Waals surface area contributed by atoms with Crippen molar-refractivity contribution >= 4 is 27.7 Å². The summed E-state index contributed by atoms with van der Waals surface area (Å²) in [4.78, 5) is 26.8. The summed E-state index contributed by atoms with van der Waals surface area (Å²) in [6, 6.07) is 4.57. The molecule has 1 aliphatic heterocycles. The first-order valence-electron chi connectivity index (χ1n) is 9.29. The lowest BCUT2D eigenvalue weighted by molar-refractivity contribution is 0.0329. The highest BCUT2D eigenvalue weighted by molar-refractivity contribution is 9.10. The number of nitrogens with one attached hydrogen (secondary N) is 2. The smallest absolute Gasteiger partial charge is 0.273 e. The zero-order valence-electron chi connectivity index (χ0n) is 16.4. The zero-order chi connectivity index (χ0) is 20.6. The highest BCUT2D eigenvalue weighted by Gasteiger charge is 2.43. The van der Waals surface area contributed by atoms with Crippen molar-refractivity contribution in [1.29, 1.82) is 0 Å². The maximum Gasteiger partial charge on any atom is 0.273 e. The van der Waals surface area contributed by atoms with Gasteiger partial charge in [-0.15, -0.1) is 0 Å². The zero-order valence-corrected chi connectivity index (χ0v) is 18.0. The van der Waals surface area contributed by atoms with Gasteiger partial charge >= 0.3 is 0 Å². The fourth-order valence-corrected chi connectivity index (χ4v) is 4.19. The molecule has 0 bridgehead atoms. The molecule has 1 fully saturated rings. The number of rotatable bonds is 5. The van der Waals surface area contributed by atoms with Crippen molar-refractivity contribution in [1.82, 2.24) is 20.4 Å². The summed E-state index contributed by atoms with van der Waals surface area (Å²) in [5.74, 6) is -0.705. The Morgan fingerprint density at radius 2 is 2.07 bits per heavy atom. The van der Waals surface area contributed by atoms with Crippen molar-refractivity contribution in [2.24, 2.45) is 0 Å². The minimum Gasteiger partial charge on any atom is -0.342 e. The van der Waals surface area contributed by atoms with E-state index in [4.69, 9.17) is 0 Å². The molecule has 0 spiro atoms. The number of likely N-dealkylation sites (tertiary alicyclic amines) is 1. The highest BCUT2D eigenvalue weighted by Crippen LogP contribution is 2.28. The fraction of sp³-hybridized carbons (Fsp3) is 0.450. The minimum absolute atomic E-state index is 0.204. The second-order valence-corrected chi connectivity index (χ2v) is 8.58. The van der Waals surface area contributed by atoms with Gasteiger partial charge in [-0.05, 0) is 52.9 Å². The van der Waals surface area contributed by atoms with Gasteiger partial charge in [0.25, 0.3) is 11.8 Å². The molecule has 0 radical (unpaired) electrons. The number of benzene rings is 1. The molecule has 0 saturated carbocycles. The lowest BCUT2D eigenvalue weighted by Crippen LogP contribution is -2.69. The summed E-state index contributed by atoms with van der Waals surface area (Å²) in [7, 11) is 0. The number of amides is 2. The fourth-order valence-electron chi connectivity index (χ4n) is 3.38. The Morgan fingerprint density at radius 3 is 2.61 bits per heavy atom. The first-order valence-corrected chi connectivity index (χ1v) is 10.1. The first-order chi connectivity index (χ1) is 13.1. The molecule has 6 nitrogen and oxygen atoms in total. The third kappa shape index (κ3) is 3.83. The van der Waals surface area contributed by atoms with E-state index < -0.39 is 5.54 Å². The van der Waals surface area contributed by atoms with Gasteiger partial charge in [0.1, 0.15) is 5.82 Å². The van der Waals surface area contributed by atoms with E-state index in [2.05, 4.69) is 31.4 Å². The van der Waals surface area contributed by atoms with Gasteiger partial charge in [0, 0.05) is 18.7 Å². The van der Waals surface area contributed by atoms with E-state index in [0.29, 0.717) is 40.8 Å². The number of aryl methyl sites for hydroxylation is 1. The van der Waals surface area contributed by atoms with Crippen molar-refractivity contribution in [3.63, 3.8) is 0 Å². The number of aromatic amines is 1. The van der Waals surface area contributed by atoms with E-state index in [1.54, 1.807) is 17.0 Å². The Balaban J connectivity index is 1.64. The molecule has 28 heavy (non-hydrogen) atoms. The van der Waals surface area contributed by atoms with Gasteiger partial charge in [-0.2, -0.15) is 5.10 Å². The molecule has 2 aromatic rings. The standard InChI is InChI=1S/C20H24BrFN4O2/c1-5-12-6-7-13(8-14(12)22)19(28)26-9-20(4,10-26)23-18(27)17-15(21)16(11(2)3)24-25-17/h6-8,11H,5,9-10H2,1-4H3,(H,23,27)(H,24,25). The number of hydrogen-bond acceptors (Lipinski definition) is 3. The van der Waals surface area contributed by atoms with E-state index in [1.807, 2.05) is 27.7 Å². The number of carbonyl (C=O) groups excluding carboxylic acids is 2. The molecule has 0 unspecified atom stereocenters. The summed E-state index contributed by atoms with van der Waals surface area (Å²) in [5, 5.41) is 9.93. The lowest BCUT2D eigenvalue weighted by Gasteiger charge is -2.48. The van der Waals surface area contributed by atoms with E-state index in [9.17, 15) is 14.0 Å². The Morgan fingerprint density at radius 1 is 1.39 bits per heavy atom. The van der Waals surface area contributed by atoms with Crippen LogP contribution < -0.4 is 5.32 Å². The van der Waals surface area contributed by atoms with Crippen LogP contribution in [-0.2, 0) is 6.42 Å². The molecular formula is C20H24BrFN4O2. The maximum absolute atomic E-state index is 14.0. The number of carbonyl (C=O) groups is 2. The van der Waals surface area contributed by atoms with Gasteiger partial charge in [-0.3, -0.25) is 14.7 Å². The molecule has 3 rings (SSSR count). The second kappa shape index (κ2) is 7.66. The molecule has 1 aliphatic rings. The predicted molar refractivity (Wildman–Crippen MR) is 108 cm³/mol. The molecule has 150 valence electrons. The second-order valence-electron chi connectivity index (χ2n) is 7.79. The molecule has 2 amide bonds. The lowest BCUT2D eigenvalue weighted by atomic mass is 9.91. The number of aromatic nitrogens is 2. The summed E-state index contributed by atoms with van der Waals surface area (Å²) in [6.07, 6.45) is 0.579. The molecule has 1 saturated heterocycles. The first kappa shape index (κ1) is 20.5. The highest BCUT2D eigenvalue weighted by atomic mass is 79.9. The van der Waals surface area contributed by atoms with Gasteiger partial charge in [0.05, 0.1) is 15.7 Å². The van der Waals surface area contributed by atoms with Crippen LogP contribution in [0.3, 0.4) is 0 Å². The van der Waals surface area contributed by atoms with Crippen LogP contribution in [0.25, 0.3) is 0 Å². The van der Waals surface area contributed by atoms with Crippen LogP contribution in [0.1, 0.15) is 65.7 Å². The molecule has 0 atom stereocenters. The third-order valence-corrected chi connectivity index (χ3v) is 5.79. The normalized spacial score (nSPS) is 15.5. The van der Waals surface area contributed by atoms with Gasteiger partial charge in [0.2, 0.25) is 0 Å². The molecule has 0 aliphatic carbocycles. The number of halogens is 2. The van der Waals surface area contributed by atoms with Crippen LogP contribution in [0.4, 0.5) is 4.39 Å². The molecule has 2 N–H and O–H groups in total. The van der Waals surface area contributed by atoms with E-state index in [0.717, 1.165) is 5.69 Å². The van der Waals surface area contributed by atoms with Crippen LogP contribution >= 0.6 is 15.9 Å². The van der Waals surface area contributed by atoms with Gasteiger partial charge in [-0.25, -0.2) is 4.39 Å². The maximum atomic E-state index is 14.0. The van der Waals surface area contributed by atoms with E-state index in [-0.39, 0.29) is 23.5 Å². The molecule has 8 heteroatoms. The number of H-pyrrole nitrogens is 1. The van der Waals surface area contributed by atoms with Crippen molar-refractivity contribution in [2.75, 3.05) is 13.1 Å². The monoisotopic (exact) mass is 450 g/mol. The van der Waals surface area contributed by atoms with Crippen molar-refractivity contribution in [3.05, 3.63) is 51.0 Å². The largest absolute Gasteiger partial charge is 0.342 e. The van der Waals surface area contributed by atoms with Crippen molar-refractivity contribution in [2.45, 2.75) is 45.6 Å². The van der Waals surface area contributed by atoms with E-state index in [1.165, 1.54) is 6.07 Å². The van der Waals surface area contributed by atoms with Gasteiger partial charge < -0.3 is 10.2 Å². The Kier molecular flexibility index (Phi) is 5.61. The van der Waals surface area contributed by atoms with Crippen LogP contribution in [0.15, 0.2) is 22.7 Å². The van der Waals surface area contributed by atoms with Crippen LogP contribution in [0, 0.1) is 5.82 Å². The number of hydrogen-bond donors (Lipinski definition) is 2. The Hall–Kier alpha value is -2.22. The average Bonchev–Trinajstić information content (AvgIpc) is 3.00.